The average molecular weight is 471 g/mol. The van der Waals surface area contributed by atoms with Crippen LogP contribution in [0.4, 0.5) is 5.69 Å². The summed E-state index contributed by atoms with van der Waals surface area (Å²) in [6.45, 7) is 5.57. The molecule has 0 aliphatic heterocycles. The molecule has 0 aliphatic rings. The molecule has 0 aromatic heterocycles. The maximum atomic E-state index is 13.4. The van der Waals surface area contributed by atoms with Crippen molar-refractivity contribution in [2.45, 2.75) is 38.1 Å². The average Bonchev–Trinajstić information content (AvgIpc) is 2.77. The van der Waals surface area contributed by atoms with Crippen LogP contribution in [0.1, 0.15) is 36.1 Å². The van der Waals surface area contributed by atoms with E-state index in [1.165, 1.54) is 24.3 Å². The molecular weight excluding hydrogens is 444 g/mol. The van der Waals surface area contributed by atoms with Gasteiger partial charge in [-0.3, -0.25) is 9.10 Å². The minimum absolute atomic E-state index is 0.0702. The number of hydrogen-bond donors (Lipinski definition) is 1. The van der Waals surface area contributed by atoms with Gasteiger partial charge in [0.25, 0.3) is 10.0 Å². The SMILES string of the molecule is CC[C@H](NC(=O)CN(c1ccc(C)cc1)S(=O)(=O)c1ccc(Cl)cc1)c1ccc(C)cc1. The third kappa shape index (κ3) is 5.69. The second-order valence-corrected chi connectivity index (χ2v) is 10.0. The smallest absolute Gasteiger partial charge is 0.264 e. The van der Waals surface area contributed by atoms with Crippen molar-refractivity contribution in [2.24, 2.45) is 0 Å². The Morgan fingerprint density at radius 2 is 1.44 bits per heavy atom. The van der Waals surface area contributed by atoms with Crippen LogP contribution in [0.25, 0.3) is 0 Å². The van der Waals surface area contributed by atoms with Crippen LogP contribution in [-0.2, 0) is 14.8 Å². The molecular formula is C25H27ClN2O3S. The number of rotatable bonds is 8. The highest BCUT2D eigenvalue weighted by molar-refractivity contribution is 7.92. The topological polar surface area (TPSA) is 66.5 Å². The lowest BCUT2D eigenvalue weighted by Gasteiger charge is -2.26. The van der Waals surface area contributed by atoms with Crippen LogP contribution in [0.5, 0.6) is 0 Å². The summed E-state index contributed by atoms with van der Waals surface area (Å²) < 4.78 is 28.0. The van der Waals surface area contributed by atoms with E-state index in [4.69, 9.17) is 11.6 Å². The summed E-state index contributed by atoms with van der Waals surface area (Å²) in [7, 11) is -3.98. The van der Waals surface area contributed by atoms with E-state index in [0.29, 0.717) is 17.1 Å². The van der Waals surface area contributed by atoms with E-state index in [1.807, 2.05) is 57.2 Å². The first-order valence-electron chi connectivity index (χ1n) is 10.4. The highest BCUT2D eigenvalue weighted by atomic mass is 35.5. The van der Waals surface area contributed by atoms with Gasteiger partial charge in [0.05, 0.1) is 16.6 Å². The zero-order valence-electron chi connectivity index (χ0n) is 18.4. The first kappa shape index (κ1) is 23.8. The van der Waals surface area contributed by atoms with Crippen molar-refractivity contribution >= 4 is 33.2 Å². The lowest BCUT2D eigenvalue weighted by molar-refractivity contribution is -0.120. The van der Waals surface area contributed by atoms with Crippen molar-refractivity contribution < 1.29 is 13.2 Å². The lowest BCUT2D eigenvalue weighted by atomic mass is 10.0. The fourth-order valence-electron chi connectivity index (χ4n) is 3.35. The number of benzene rings is 3. The van der Waals surface area contributed by atoms with Crippen molar-refractivity contribution in [3.63, 3.8) is 0 Å². The summed E-state index contributed by atoms with van der Waals surface area (Å²) in [5.41, 5.74) is 3.53. The number of sulfonamides is 1. The van der Waals surface area contributed by atoms with Gasteiger partial charge in [-0.2, -0.15) is 0 Å². The highest BCUT2D eigenvalue weighted by Gasteiger charge is 2.28. The lowest BCUT2D eigenvalue weighted by Crippen LogP contribution is -2.42. The summed E-state index contributed by atoms with van der Waals surface area (Å²) in [5, 5.41) is 3.42. The van der Waals surface area contributed by atoms with E-state index in [2.05, 4.69) is 5.32 Å². The van der Waals surface area contributed by atoms with E-state index in [1.54, 1.807) is 12.1 Å². The van der Waals surface area contributed by atoms with E-state index in [9.17, 15) is 13.2 Å². The predicted octanol–water partition coefficient (Wildman–Crippen LogP) is 5.42. The van der Waals surface area contributed by atoms with Crippen molar-refractivity contribution in [3.8, 4) is 0 Å². The summed E-state index contributed by atoms with van der Waals surface area (Å²) >= 11 is 5.93. The molecule has 168 valence electrons. The third-order valence-corrected chi connectivity index (χ3v) is 7.27. The molecule has 0 aliphatic carbocycles. The van der Waals surface area contributed by atoms with Crippen molar-refractivity contribution in [1.29, 1.82) is 0 Å². The molecule has 0 bridgehead atoms. The van der Waals surface area contributed by atoms with Gasteiger partial charge in [0, 0.05) is 5.02 Å². The highest BCUT2D eigenvalue weighted by Crippen LogP contribution is 2.25. The molecule has 0 spiro atoms. The van der Waals surface area contributed by atoms with Gasteiger partial charge >= 0.3 is 0 Å². The minimum Gasteiger partial charge on any atom is -0.348 e. The van der Waals surface area contributed by atoms with Crippen molar-refractivity contribution in [3.05, 3.63) is 94.5 Å². The fraction of sp³-hybridized carbons (Fsp3) is 0.240. The van der Waals surface area contributed by atoms with Crippen LogP contribution < -0.4 is 9.62 Å². The Labute approximate surface area is 195 Å². The fourth-order valence-corrected chi connectivity index (χ4v) is 4.90. The van der Waals surface area contributed by atoms with Gasteiger partial charge < -0.3 is 5.32 Å². The molecule has 3 rings (SSSR count). The predicted molar refractivity (Wildman–Crippen MR) is 130 cm³/mol. The number of nitrogens with one attached hydrogen (secondary N) is 1. The Morgan fingerprint density at radius 3 is 1.97 bits per heavy atom. The Hall–Kier alpha value is -2.83. The Balaban J connectivity index is 1.89. The molecule has 0 fully saturated rings. The normalized spacial score (nSPS) is 12.2. The van der Waals surface area contributed by atoms with Crippen LogP contribution in [0.3, 0.4) is 0 Å². The number of nitrogens with zero attached hydrogens (tertiary/aromatic N) is 1. The van der Waals surface area contributed by atoms with Gasteiger partial charge in [-0.25, -0.2) is 8.42 Å². The molecule has 1 amide bonds. The molecule has 0 unspecified atom stereocenters. The van der Waals surface area contributed by atoms with Gasteiger partial charge in [0.15, 0.2) is 0 Å². The van der Waals surface area contributed by atoms with Gasteiger partial charge in [0.1, 0.15) is 6.54 Å². The first-order valence-corrected chi connectivity index (χ1v) is 12.2. The van der Waals surface area contributed by atoms with Crippen LogP contribution in [0.15, 0.2) is 77.7 Å². The molecule has 0 heterocycles. The van der Waals surface area contributed by atoms with Gasteiger partial charge in [-0.1, -0.05) is 66.0 Å². The number of hydrogen-bond acceptors (Lipinski definition) is 3. The molecule has 3 aromatic carbocycles. The Morgan fingerprint density at radius 1 is 0.906 bits per heavy atom. The number of aryl methyl sites for hydroxylation is 2. The minimum atomic E-state index is -3.98. The van der Waals surface area contributed by atoms with Crippen molar-refractivity contribution in [1.82, 2.24) is 5.32 Å². The molecule has 0 saturated carbocycles. The summed E-state index contributed by atoms with van der Waals surface area (Å²) in [4.78, 5) is 13.1. The zero-order valence-corrected chi connectivity index (χ0v) is 20.0. The van der Waals surface area contributed by atoms with Crippen LogP contribution in [0, 0.1) is 13.8 Å². The third-order valence-electron chi connectivity index (χ3n) is 5.23. The quantitative estimate of drug-likeness (QED) is 0.478. The number of amides is 1. The molecule has 3 aromatic rings. The van der Waals surface area contributed by atoms with Gasteiger partial charge in [-0.15, -0.1) is 0 Å². The molecule has 7 heteroatoms. The Bertz CT molecular complexity index is 1160. The maximum Gasteiger partial charge on any atom is 0.264 e. The van der Waals surface area contributed by atoms with Gasteiger partial charge in [-0.05, 0) is 62.2 Å². The van der Waals surface area contributed by atoms with Crippen LogP contribution >= 0.6 is 11.6 Å². The molecule has 32 heavy (non-hydrogen) atoms. The van der Waals surface area contributed by atoms with Crippen LogP contribution in [-0.4, -0.2) is 20.9 Å². The van der Waals surface area contributed by atoms with Gasteiger partial charge in [0.2, 0.25) is 5.91 Å². The second kappa shape index (κ2) is 10.2. The number of carbonyl (C=O) groups excluding carboxylic acids is 1. The van der Waals surface area contributed by atoms with Crippen molar-refractivity contribution in [2.75, 3.05) is 10.8 Å². The Kier molecular flexibility index (Phi) is 7.59. The maximum absolute atomic E-state index is 13.4. The second-order valence-electron chi connectivity index (χ2n) is 7.74. The molecule has 1 N–H and O–H groups in total. The van der Waals surface area contributed by atoms with E-state index < -0.39 is 10.0 Å². The summed E-state index contributed by atoms with van der Waals surface area (Å²) in [6.07, 6.45) is 0.684. The zero-order chi connectivity index (χ0) is 23.3. The molecule has 5 nitrogen and oxygen atoms in total. The van der Waals surface area contributed by atoms with E-state index in [-0.39, 0.29) is 23.4 Å². The number of halogens is 1. The summed E-state index contributed by atoms with van der Waals surface area (Å²) in [6, 6.07) is 20.7. The number of anilines is 1. The monoisotopic (exact) mass is 470 g/mol. The van der Waals surface area contributed by atoms with E-state index in [0.717, 1.165) is 21.0 Å². The standard InChI is InChI=1S/C25H27ClN2O3S/c1-4-24(20-9-5-18(2)6-10-20)27-25(29)17-28(22-13-7-19(3)8-14-22)32(30,31)23-15-11-21(26)12-16-23/h5-16,24H,4,17H2,1-3H3,(H,27,29)/t24-/m0/s1. The van der Waals surface area contributed by atoms with Crippen LogP contribution in [0.2, 0.25) is 5.02 Å². The molecule has 0 saturated heterocycles. The molecule has 0 radical (unpaired) electrons. The first-order chi connectivity index (χ1) is 15.2. The molecule has 1 atom stereocenters. The van der Waals surface area contributed by atoms with E-state index >= 15 is 0 Å². The number of carbonyl (C=O) groups is 1. The largest absolute Gasteiger partial charge is 0.348 e. The summed E-state index contributed by atoms with van der Waals surface area (Å²) in [5.74, 6) is -0.379.